The molecule has 3 heterocycles. The fourth-order valence-corrected chi connectivity index (χ4v) is 3.79. The van der Waals surface area contributed by atoms with Crippen molar-refractivity contribution in [1.29, 1.82) is 0 Å². The van der Waals surface area contributed by atoms with E-state index in [1.165, 1.54) is 27.9 Å². The van der Waals surface area contributed by atoms with Crippen molar-refractivity contribution in [2.24, 2.45) is 0 Å². The lowest BCUT2D eigenvalue weighted by atomic mass is 10.1. The van der Waals surface area contributed by atoms with E-state index in [0.717, 1.165) is 12.1 Å². The molecule has 1 fully saturated rings. The van der Waals surface area contributed by atoms with Gasteiger partial charge in [-0.1, -0.05) is 0 Å². The van der Waals surface area contributed by atoms with Crippen LogP contribution in [0, 0.1) is 0 Å². The Morgan fingerprint density at radius 2 is 1.87 bits per heavy atom. The number of amides is 2. The van der Waals surface area contributed by atoms with Crippen molar-refractivity contribution in [2.45, 2.75) is 38.0 Å². The second-order valence-corrected chi connectivity index (χ2v) is 7.52. The molecule has 4 rings (SSSR count). The third-order valence-corrected chi connectivity index (χ3v) is 5.41. The van der Waals surface area contributed by atoms with Crippen LogP contribution in [0.2, 0.25) is 0 Å². The average Bonchev–Trinajstić information content (AvgIpc) is 3.17. The van der Waals surface area contributed by atoms with Gasteiger partial charge in [-0.3, -0.25) is 14.3 Å². The highest BCUT2D eigenvalue weighted by Gasteiger charge is 2.36. The highest BCUT2D eigenvalue weighted by atomic mass is 19.4. The number of rotatable bonds is 3. The first-order valence-electron chi connectivity index (χ1n) is 9.71. The largest absolute Gasteiger partial charge is 0.416 e. The summed E-state index contributed by atoms with van der Waals surface area (Å²) in [5.74, 6) is -0.861. The zero-order valence-electron chi connectivity index (χ0n) is 16.3. The van der Waals surface area contributed by atoms with Gasteiger partial charge in [-0.05, 0) is 44.0 Å². The van der Waals surface area contributed by atoms with Gasteiger partial charge >= 0.3 is 6.18 Å². The van der Waals surface area contributed by atoms with Gasteiger partial charge in [0.2, 0.25) is 0 Å². The molecule has 0 bridgehead atoms. The van der Waals surface area contributed by atoms with E-state index in [1.807, 2.05) is 6.92 Å². The molecule has 2 amide bonds. The normalized spacial score (nSPS) is 20.2. The Labute approximate surface area is 170 Å². The molecule has 0 aliphatic carbocycles. The van der Waals surface area contributed by atoms with Crippen LogP contribution in [0.5, 0.6) is 0 Å². The summed E-state index contributed by atoms with van der Waals surface area (Å²) in [6, 6.07) is 4.13. The monoisotopic (exact) mass is 422 g/mol. The van der Waals surface area contributed by atoms with Gasteiger partial charge in [0, 0.05) is 31.5 Å². The number of benzene rings is 1. The lowest BCUT2D eigenvalue weighted by molar-refractivity contribution is -0.137. The Morgan fingerprint density at radius 3 is 2.50 bits per heavy atom. The number of aromatic nitrogens is 2. The summed E-state index contributed by atoms with van der Waals surface area (Å²) in [5, 5.41) is 7.13. The molecule has 1 aromatic heterocycles. The van der Waals surface area contributed by atoms with E-state index in [0.29, 0.717) is 31.7 Å². The van der Waals surface area contributed by atoms with Gasteiger partial charge in [-0.15, -0.1) is 0 Å². The van der Waals surface area contributed by atoms with Crippen LogP contribution in [-0.4, -0.2) is 47.4 Å². The summed E-state index contributed by atoms with van der Waals surface area (Å²) in [6.45, 7) is 3.20. The molecule has 0 spiro atoms. The maximum atomic E-state index is 13.2. The summed E-state index contributed by atoms with van der Waals surface area (Å²) >= 11 is 0. The SMILES string of the molecule is C[C@H]1CN(c2ccc(C(F)(F)F)cc2)C(=O)c2c(C(=O)NC3CCOCC3)cnn21. The molecule has 0 saturated carbocycles. The molecule has 1 atom stereocenters. The van der Waals surface area contributed by atoms with E-state index in [4.69, 9.17) is 4.74 Å². The van der Waals surface area contributed by atoms with Crippen LogP contribution in [0.15, 0.2) is 30.5 Å². The summed E-state index contributed by atoms with van der Waals surface area (Å²) in [5.41, 5.74) is -0.151. The number of carbonyl (C=O) groups is 2. The van der Waals surface area contributed by atoms with E-state index < -0.39 is 23.6 Å². The van der Waals surface area contributed by atoms with Crippen molar-refractivity contribution in [2.75, 3.05) is 24.7 Å². The number of ether oxygens (including phenoxy) is 1. The fraction of sp³-hybridized carbons (Fsp3) is 0.450. The number of hydrogen-bond acceptors (Lipinski definition) is 4. The third kappa shape index (κ3) is 3.79. The first-order valence-corrected chi connectivity index (χ1v) is 9.71. The third-order valence-electron chi connectivity index (χ3n) is 5.41. The second-order valence-electron chi connectivity index (χ2n) is 7.52. The van der Waals surface area contributed by atoms with E-state index in [1.54, 1.807) is 0 Å². The topological polar surface area (TPSA) is 76.5 Å². The van der Waals surface area contributed by atoms with Gasteiger partial charge in [0.1, 0.15) is 5.69 Å². The molecule has 30 heavy (non-hydrogen) atoms. The molecular formula is C20H21F3N4O3. The second kappa shape index (κ2) is 7.75. The number of anilines is 1. The first kappa shape index (κ1) is 20.4. The highest BCUT2D eigenvalue weighted by molar-refractivity contribution is 6.12. The molecule has 0 unspecified atom stereocenters. The van der Waals surface area contributed by atoms with E-state index in [2.05, 4.69) is 10.4 Å². The molecule has 2 aliphatic heterocycles. The van der Waals surface area contributed by atoms with E-state index in [9.17, 15) is 22.8 Å². The number of nitrogens with one attached hydrogen (secondary N) is 1. The summed E-state index contributed by atoms with van der Waals surface area (Å²) in [7, 11) is 0. The molecule has 10 heteroatoms. The number of hydrogen-bond donors (Lipinski definition) is 1. The minimum Gasteiger partial charge on any atom is -0.381 e. The molecule has 7 nitrogen and oxygen atoms in total. The van der Waals surface area contributed by atoms with Crippen molar-refractivity contribution >= 4 is 17.5 Å². The van der Waals surface area contributed by atoms with Crippen LogP contribution in [0.1, 0.15) is 52.2 Å². The maximum absolute atomic E-state index is 13.2. The number of fused-ring (bicyclic) bond motifs is 1. The molecule has 1 N–H and O–H groups in total. The highest BCUT2D eigenvalue weighted by Crippen LogP contribution is 2.32. The number of nitrogens with zero attached hydrogens (tertiary/aromatic N) is 3. The van der Waals surface area contributed by atoms with Gasteiger partial charge in [-0.25, -0.2) is 0 Å². The molecule has 0 radical (unpaired) electrons. The molecular weight excluding hydrogens is 401 g/mol. The van der Waals surface area contributed by atoms with Crippen LogP contribution in [0.3, 0.4) is 0 Å². The van der Waals surface area contributed by atoms with Gasteiger partial charge < -0.3 is 15.0 Å². The lowest BCUT2D eigenvalue weighted by Crippen LogP contribution is -2.44. The summed E-state index contributed by atoms with van der Waals surface area (Å²) < 4.78 is 45.3. The van der Waals surface area contributed by atoms with Gasteiger partial charge in [0.05, 0.1) is 23.4 Å². The minimum atomic E-state index is -4.45. The number of halogens is 3. The smallest absolute Gasteiger partial charge is 0.381 e. The fourth-order valence-electron chi connectivity index (χ4n) is 3.79. The lowest BCUT2D eigenvalue weighted by Gasteiger charge is -2.32. The van der Waals surface area contributed by atoms with Crippen molar-refractivity contribution in [1.82, 2.24) is 15.1 Å². The molecule has 2 aliphatic rings. The molecule has 2 aromatic rings. The Bertz CT molecular complexity index is 949. The standard InChI is InChI=1S/C20H21F3N4O3/c1-12-11-26(15-4-2-13(3-5-15)20(21,22)23)19(29)17-16(10-24-27(12)17)18(28)25-14-6-8-30-9-7-14/h2-5,10,12,14H,6-9,11H2,1H3,(H,25,28)/t12-/m0/s1. The van der Waals surface area contributed by atoms with Crippen LogP contribution >= 0.6 is 0 Å². The van der Waals surface area contributed by atoms with E-state index in [-0.39, 0.29) is 29.9 Å². The Morgan fingerprint density at radius 1 is 1.20 bits per heavy atom. The van der Waals surface area contributed by atoms with Gasteiger partial charge in [0.15, 0.2) is 0 Å². The Balaban J connectivity index is 1.60. The zero-order valence-corrected chi connectivity index (χ0v) is 16.3. The van der Waals surface area contributed by atoms with Crippen LogP contribution in [-0.2, 0) is 10.9 Å². The van der Waals surface area contributed by atoms with E-state index >= 15 is 0 Å². The number of carbonyl (C=O) groups excluding carboxylic acids is 2. The maximum Gasteiger partial charge on any atom is 0.416 e. The van der Waals surface area contributed by atoms with Crippen molar-refractivity contribution < 1.29 is 27.5 Å². The van der Waals surface area contributed by atoms with Gasteiger partial charge in [0.25, 0.3) is 11.8 Å². The van der Waals surface area contributed by atoms with Crippen LogP contribution in [0.4, 0.5) is 18.9 Å². The summed E-state index contributed by atoms with van der Waals surface area (Å²) in [4.78, 5) is 27.3. The first-order chi connectivity index (χ1) is 14.3. The van der Waals surface area contributed by atoms with Gasteiger partial charge in [-0.2, -0.15) is 18.3 Å². The Hall–Kier alpha value is -2.88. The van der Waals surface area contributed by atoms with Crippen molar-refractivity contribution in [3.05, 3.63) is 47.3 Å². The van der Waals surface area contributed by atoms with Crippen LogP contribution in [0.25, 0.3) is 0 Å². The molecule has 1 saturated heterocycles. The van der Waals surface area contributed by atoms with Crippen molar-refractivity contribution in [3.8, 4) is 0 Å². The Kier molecular flexibility index (Phi) is 5.27. The predicted molar refractivity (Wildman–Crippen MR) is 101 cm³/mol. The zero-order chi connectivity index (χ0) is 21.5. The van der Waals surface area contributed by atoms with Crippen molar-refractivity contribution in [3.63, 3.8) is 0 Å². The number of alkyl halides is 3. The minimum absolute atomic E-state index is 0.0380. The van der Waals surface area contributed by atoms with Crippen LogP contribution < -0.4 is 10.2 Å². The molecule has 160 valence electrons. The predicted octanol–water partition coefficient (Wildman–Crippen LogP) is 3.03. The summed E-state index contributed by atoms with van der Waals surface area (Å²) in [6.07, 6.45) is -1.70. The molecule has 1 aromatic carbocycles. The average molecular weight is 422 g/mol. The quantitative estimate of drug-likeness (QED) is 0.825.